The molecule has 0 amide bonds. The summed E-state index contributed by atoms with van der Waals surface area (Å²) < 4.78 is 28.1. The lowest BCUT2D eigenvalue weighted by atomic mass is 10.1. The summed E-state index contributed by atoms with van der Waals surface area (Å²) in [4.78, 5) is 0.311. The number of aromatic nitrogens is 2. The second kappa shape index (κ2) is 6.21. The van der Waals surface area contributed by atoms with Crippen molar-refractivity contribution in [1.29, 1.82) is 0 Å². The third-order valence-electron chi connectivity index (χ3n) is 3.67. The average molecular weight is 309 g/mol. The van der Waals surface area contributed by atoms with E-state index in [0.717, 1.165) is 25.9 Å². The highest BCUT2D eigenvalue weighted by Crippen LogP contribution is 2.22. The maximum absolute atomic E-state index is 12.5. The Kier molecular flexibility index (Phi) is 5.37. The van der Waals surface area contributed by atoms with Gasteiger partial charge in [-0.3, -0.25) is 4.68 Å². The van der Waals surface area contributed by atoms with Crippen molar-refractivity contribution in [2.24, 2.45) is 7.05 Å². The van der Waals surface area contributed by atoms with Crippen molar-refractivity contribution < 1.29 is 8.42 Å². The van der Waals surface area contributed by atoms with E-state index in [9.17, 15) is 8.42 Å². The number of nitrogens with zero attached hydrogens (tertiary/aromatic N) is 3. The molecular weight excluding hydrogens is 288 g/mol. The Balaban J connectivity index is 0.00000180. The Morgan fingerprint density at radius 1 is 1.42 bits per heavy atom. The molecule has 1 fully saturated rings. The fourth-order valence-electron chi connectivity index (χ4n) is 2.25. The zero-order valence-electron chi connectivity index (χ0n) is 11.5. The van der Waals surface area contributed by atoms with Crippen LogP contribution in [0.15, 0.2) is 11.1 Å². The van der Waals surface area contributed by atoms with E-state index in [-0.39, 0.29) is 18.4 Å². The zero-order valence-corrected chi connectivity index (χ0v) is 13.1. The van der Waals surface area contributed by atoms with Gasteiger partial charge >= 0.3 is 0 Å². The van der Waals surface area contributed by atoms with Crippen molar-refractivity contribution in [2.75, 3.05) is 20.1 Å². The number of hydrogen-bond donors (Lipinski definition) is 1. The molecule has 0 aliphatic carbocycles. The quantitative estimate of drug-likeness (QED) is 0.884. The van der Waals surface area contributed by atoms with E-state index in [1.807, 2.05) is 0 Å². The minimum Gasteiger partial charge on any atom is -0.317 e. The minimum atomic E-state index is -3.43. The van der Waals surface area contributed by atoms with Gasteiger partial charge in [0.1, 0.15) is 4.90 Å². The van der Waals surface area contributed by atoms with Crippen molar-refractivity contribution in [3.8, 4) is 0 Å². The predicted octanol–water partition coefficient (Wildman–Crippen LogP) is 0.523. The van der Waals surface area contributed by atoms with Crippen LogP contribution in [0.1, 0.15) is 18.5 Å². The van der Waals surface area contributed by atoms with E-state index in [1.54, 1.807) is 25.7 Å². The Morgan fingerprint density at radius 2 is 2.00 bits per heavy atom. The Bertz CT molecular complexity index is 523. The Labute approximate surface area is 120 Å². The molecule has 0 unspecified atom stereocenters. The third-order valence-corrected chi connectivity index (χ3v) is 5.68. The third kappa shape index (κ3) is 3.10. The van der Waals surface area contributed by atoms with Gasteiger partial charge < -0.3 is 5.32 Å². The van der Waals surface area contributed by atoms with Crippen molar-refractivity contribution >= 4 is 22.4 Å². The zero-order chi connectivity index (χ0) is 13.3. The van der Waals surface area contributed by atoms with Gasteiger partial charge in [-0.2, -0.15) is 9.40 Å². The Hall–Kier alpha value is -0.630. The first-order valence-electron chi connectivity index (χ1n) is 6.12. The van der Waals surface area contributed by atoms with Crippen molar-refractivity contribution in [3.05, 3.63) is 11.9 Å². The largest absolute Gasteiger partial charge is 0.317 e. The van der Waals surface area contributed by atoms with Crippen LogP contribution >= 0.6 is 12.4 Å². The minimum absolute atomic E-state index is 0. The summed E-state index contributed by atoms with van der Waals surface area (Å²) in [6.07, 6.45) is 3.15. The molecule has 8 heteroatoms. The van der Waals surface area contributed by atoms with Crippen LogP contribution in [0.4, 0.5) is 0 Å². The number of aryl methyl sites for hydroxylation is 1. The lowest BCUT2D eigenvalue weighted by Crippen LogP contribution is -2.43. The highest BCUT2D eigenvalue weighted by molar-refractivity contribution is 7.89. The lowest BCUT2D eigenvalue weighted by Gasteiger charge is -2.30. The molecule has 0 radical (unpaired) electrons. The number of hydrogen-bond acceptors (Lipinski definition) is 4. The molecule has 110 valence electrons. The van der Waals surface area contributed by atoms with Crippen LogP contribution in [-0.2, 0) is 17.1 Å². The van der Waals surface area contributed by atoms with Crippen LogP contribution in [0, 0.1) is 6.92 Å². The lowest BCUT2D eigenvalue weighted by molar-refractivity contribution is 0.296. The summed E-state index contributed by atoms with van der Waals surface area (Å²) >= 11 is 0. The van der Waals surface area contributed by atoms with Gasteiger partial charge in [0, 0.05) is 20.1 Å². The SMILES string of the molecule is Cc1c(S(=O)(=O)N(C)C2CCNCC2)cnn1C.Cl. The van der Waals surface area contributed by atoms with Crippen LogP contribution in [0.25, 0.3) is 0 Å². The fourth-order valence-corrected chi connectivity index (χ4v) is 3.85. The van der Waals surface area contributed by atoms with Gasteiger partial charge in [0.15, 0.2) is 0 Å². The molecule has 0 aromatic carbocycles. The van der Waals surface area contributed by atoms with Crippen LogP contribution < -0.4 is 5.32 Å². The standard InChI is InChI=1S/C11H20N4O2S.ClH/c1-9-11(8-13-14(9)2)18(16,17)15(3)10-4-6-12-7-5-10;/h8,10,12H,4-7H2,1-3H3;1H. The molecule has 2 rings (SSSR count). The fraction of sp³-hybridized carbons (Fsp3) is 0.727. The maximum Gasteiger partial charge on any atom is 0.246 e. The van der Waals surface area contributed by atoms with Crippen molar-refractivity contribution in [1.82, 2.24) is 19.4 Å². The topological polar surface area (TPSA) is 67.2 Å². The van der Waals surface area contributed by atoms with E-state index in [4.69, 9.17) is 0 Å². The van der Waals surface area contributed by atoms with Gasteiger partial charge in [-0.15, -0.1) is 12.4 Å². The van der Waals surface area contributed by atoms with Gasteiger partial charge in [0.2, 0.25) is 10.0 Å². The molecule has 1 aromatic rings. The molecule has 0 spiro atoms. The highest BCUT2D eigenvalue weighted by atomic mass is 35.5. The molecule has 19 heavy (non-hydrogen) atoms. The average Bonchev–Trinajstić information content (AvgIpc) is 2.70. The first-order chi connectivity index (χ1) is 8.44. The van der Waals surface area contributed by atoms with Gasteiger partial charge in [-0.1, -0.05) is 0 Å². The molecule has 1 aromatic heterocycles. The highest BCUT2D eigenvalue weighted by Gasteiger charge is 2.31. The van der Waals surface area contributed by atoms with Gasteiger partial charge in [-0.05, 0) is 32.9 Å². The van der Waals surface area contributed by atoms with Crippen LogP contribution in [0.3, 0.4) is 0 Å². The van der Waals surface area contributed by atoms with Gasteiger partial charge in [-0.25, -0.2) is 8.42 Å². The normalized spacial score (nSPS) is 17.5. The number of halogens is 1. The molecular formula is C11H21ClN4O2S. The van der Waals surface area contributed by atoms with Crippen LogP contribution in [0.2, 0.25) is 0 Å². The van der Waals surface area contributed by atoms with E-state index < -0.39 is 10.0 Å². The van der Waals surface area contributed by atoms with Crippen molar-refractivity contribution in [2.45, 2.75) is 30.7 Å². The Morgan fingerprint density at radius 3 is 2.47 bits per heavy atom. The van der Waals surface area contributed by atoms with Gasteiger partial charge in [0.25, 0.3) is 0 Å². The van der Waals surface area contributed by atoms with E-state index in [0.29, 0.717) is 10.6 Å². The van der Waals surface area contributed by atoms with E-state index in [1.165, 1.54) is 10.5 Å². The predicted molar refractivity (Wildman–Crippen MR) is 76.0 cm³/mol. The van der Waals surface area contributed by atoms with Crippen LogP contribution in [-0.4, -0.2) is 48.7 Å². The molecule has 1 saturated heterocycles. The number of rotatable bonds is 3. The summed E-state index contributed by atoms with van der Waals surface area (Å²) in [5.74, 6) is 0. The first-order valence-corrected chi connectivity index (χ1v) is 7.56. The second-order valence-electron chi connectivity index (χ2n) is 4.72. The number of piperidine rings is 1. The second-order valence-corrected chi connectivity index (χ2v) is 6.69. The van der Waals surface area contributed by atoms with E-state index >= 15 is 0 Å². The molecule has 2 heterocycles. The van der Waals surface area contributed by atoms with Crippen molar-refractivity contribution in [3.63, 3.8) is 0 Å². The summed E-state index contributed by atoms with van der Waals surface area (Å²) in [5, 5.41) is 7.25. The first kappa shape index (κ1) is 16.4. The summed E-state index contributed by atoms with van der Waals surface area (Å²) in [6.45, 7) is 3.52. The van der Waals surface area contributed by atoms with E-state index in [2.05, 4.69) is 10.4 Å². The summed E-state index contributed by atoms with van der Waals surface area (Å²) in [7, 11) is -0.0129. The summed E-state index contributed by atoms with van der Waals surface area (Å²) in [6, 6.07) is 0.0795. The smallest absolute Gasteiger partial charge is 0.246 e. The molecule has 0 bridgehead atoms. The summed E-state index contributed by atoms with van der Waals surface area (Å²) in [5.41, 5.74) is 0.677. The van der Waals surface area contributed by atoms with Crippen LogP contribution in [0.5, 0.6) is 0 Å². The molecule has 0 saturated carbocycles. The maximum atomic E-state index is 12.5. The number of sulfonamides is 1. The molecule has 1 aliphatic heterocycles. The monoisotopic (exact) mass is 308 g/mol. The molecule has 6 nitrogen and oxygen atoms in total. The molecule has 1 aliphatic rings. The van der Waals surface area contributed by atoms with Gasteiger partial charge in [0.05, 0.1) is 11.9 Å². The molecule has 0 atom stereocenters. The number of nitrogens with one attached hydrogen (secondary N) is 1. The molecule has 1 N–H and O–H groups in total.